The van der Waals surface area contributed by atoms with Crippen LogP contribution >= 0.6 is 0 Å². The Bertz CT molecular complexity index is 706. The highest BCUT2D eigenvalue weighted by Gasteiger charge is 2.62. The number of rotatable bonds is 3. The molecule has 0 bridgehead atoms. The second-order valence-corrected chi connectivity index (χ2v) is 18.4. The lowest BCUT2D eigenvalue weighted by molar-refractivity contribution is -0.174. The van der Waals surface area contributed by atoms with Crippen LogP contribution in [-0.2, 0) is 9.16 Å². The van der Waals surface area contributed by atoms with Crippen LogP contribution in [0.2, 0.25) is 18.1 Å². The second-order valence-electron chi connectivity index (χ2n) is 13.6. The van der Waals surface area contributed by atoms with Crippen molar-refractivity contribution >= 4 is 8.32 Å². The first-order valence-corrected chi connectivity index (χ1v) is 16.1. The summed E-state index contributed by atoms with van der Waals surface area (Å²) in [6.45, 7) is 19.5. The Labute approximate surface area is 194 Å². The molecular formula is C28H50O2Si. The minimum atomic E-state index is -1.70. The van der Waals surface area contributed by atoms with E-state index in [1.165, 1.54) is 51.4 Å². The number of methoxy groups -OCH3 is 1. The molecule has 1 unspecified atom stereocenters. The molecule has 0 spiro atoms. The molecule has 8 atom stereocenters. The topological polar surface area (TPSA) is 18.5 Å². The van der Waals surface area contributed by atoms with Crippen LogP contribution in [0.5, 0.6) is 0 Å². The third kappa shape index (κ3) is 3.73. The fourth-order valence-corrected chi connectivity index (χ4v) is 9.95. The highest BCUT2D eigenvalue weighted by atomic mass is 28.4. The van der Waals surface area contributed by atoms with Gasteiger partial charge in [-0.05, 0) is 111 Å². The molecule has 0 N–H and O–H groups in total. The summed E-state index contributed by atoms with van der Waals surface area (Å²) in [5.41, 5.74) is 2.52. The Balaban J connectivity index is 1.56. The van der Waals surface area contributed by atoms with Gasteiger partial charge in [-0.15, -0.1) is 0 Å². The third-order valence-electron chi connectivity index (χ3n) is 11.3. The average Bonchev–Trinajstić information content (AvgIpc) is 3.02. The van der Waals surface area contributed by atoms with Gasteiger partial charge in [0.15, 0.2) is 8.32 Å². The molecule has 0 aliphatic heterocycles. The molecule has 4 fully saturated rings. The van der Waals surface area contributed by atoms with E-state index in [-0.39, 0.29) is 0 Å². The van der Waals surface area contributed by atoms with Crippen molar-refractivity contribution in [1.29, 1.82) is 0 Å². The van der Waals surface area contributed by atoms with Crippen molar-refractivity contribution in [3.63, 3.8) is 0 Å². The van der Waals surface area contributed by atoms with Gasteiger partial charge in [-0.3, -0.25) is 0 Å². The maximum Gasteiger partial charge on any atom is 0.192 e. The van der Waals surface area contributed by atoms with Crippen molar-refractivity contribution in [3.8, 4) is 0 Å². The molecular weight excluding hydrogens is 396 g/mol. The molecule has 4 rings (SSSR count). The highest BCUT2D eigenvalue weighted by molar-refractivity contribution is 6.74. The van der Waals surface area contributed by atoms with Crippen molar-refractivity contribution in [2.75, 3.05) is 7.11 Å². The largest absolute Gasteiger partial charge is 0.414 e. The van der Waals surface area contributed by atoms with E-state index in [4.69, 9.17) is 9.16 Å². The van der Waals surface area contributed by atoms with Crippen molar-refractivity contribution in [2.24, 2.45) is 34.5 Å². The van der Waals surface area contributed by atoms with Crippen LogP contribution in [0.25, 0.3) is 0 Å². The number of fused-ring (bicyclic) bond motifs is 5. The van der Waals surface area contributed by atoms with Crippen LogP contribution in [0.15, 0.2) is 11.6 Å². The summed E-state index contributed by atoms with van der Waals surface area (Å²) in [5, 5.41) is 0.299. The monoisotopic (exact) mass is 446 g/mol. The summed E-state index contributed by atoms with van der Waals surface area (Å²) in [6, 6.07) is 0. The molecule has 0 aromatic heterocycles. The molecule has 0 amide bonds. The van der Waals surface area contributed by atoms with Gasteiger partial charge in [0.1, 0.15) is 0 Å². The zero-order chi connectivity index (χ0) is 22.8. The van der Waals surface area contributed by atoms with E-state index >= 15 is 0 Å². The molecule has 2 nitrogen and oxygen atoms in total. The van der Waals surface area contributed by atoms with Crippen molar-refractivity contribution < 1.29 is 9.16 Å². The smallest absolute Gasteiger partial charge is 0.192 e. The maximum atomic E-state index is 6.94. The van der Waals surface area contributed by atoms with Gasteiger partial charge in [0, 0.05) is 13.2 Å². The fraction of sp³-hybridized carbons (Fsp3) is 0.929. The predicted octanol–water partition coefficient (Wildman–Crippen LogP) is 7.99. The van der Waals surface area contributed by atoms with Gasteiger partial charge in [0.2, 0.25) is 0 Å². The molecule has 0 saturated heterocycles. The molecule has 0 aromatic rings. The van der Waals surface area contributed by atoms with Crippen molar-refractivity contribution in [3.05, 3.63) is 11.6 Å². The Kier molecular flexibility index (Phi) is 6.18. The van der Waals surface area contributed by atoms with Gasteiger partial charge >= 0.3 is 0 Å². The van der Waals surface area contributed by atoms with E-state index in [1.807, 2.05) is 7.11 Å². The molecule has 31 heavy (non-hydrogen) atoms. The summed E-state index contributed by atoms with van der Waals surface area (Å²) in [6.07, 6.45) is 14.0. The van der Waals surface area contributed by atoms with Crippen LogP contribution in [0, 0.1) is 34.5 Å². The lowest BCUT2D eigenvalue weighted by Gasteiger charge is -2.63. The van der Waals surface area contributed by atoms with Crippen molar-refractivity contribution in [1.82, 2.24) is 0 Å². The Morgan fingerprint density at radius 3 is 2.39 bits per heavy atom. The zero-order valence-corrected chi connectivity index (χ0v) is 23.0. The summed E-state index contributed by atoms with van der Waals surface area (Å²) >= 11 is 0. The minimum Gasteiger partial charge on any atom is -0.414 e. The number of ether oxygens (including phenoxy) is 1. The SMILES string of the molecule is C/C=C1/CC[C@H]2[C@@H]3CC[C@H]4CC(O[Si](C)(C)C(C)(C)C)CC[C@]4(C)[C@H]3[C@@H](OC)C[C@]12C. The van der Waals surface area contributed by atoms with E-state index in [2.05, 4.69) is 60.7 Å². The van der Waals surface area contributed by atoms with E-state index in [0.717, 1.165) is 23.7 Å². The van der Waals surface area contributed by atoms with Crippen LogP contribution in [0.3, 0.4) is 0 Å². The number of hydrogen-bond donors (Lipinski definition) is 0. The first kappa shape index (κ1) is 24.0. The maximum absolute atomic E-state index is 6.94. The van der Waals surface area contributed by atoms with Crippen LogP contribution < -0.4 is 0 Å². The van der Waals surface area contributed by atoms with E-state index in [0.29, 0.717) is 28.1 Å². The summed E-state index contributed by atoms with van der Waals surface area (Å²) in [7, 11) is 0.296. The highest BCUT2D eigenvalue weighted by Crippen LogP contribution is 2.68. The van der Waals surface area contributed by atoms with Gasteiger partial charge < -0.3 is 9.16 Å². The van der Waals surface area contributed by atoms with Crippen LogP contribution in [0.1, 0.15) is 92.9 Å². The molecule has 4 saturated carbocycles. The quantitative estimate of drug-likeness (QED) is 0.323. The van der Waals surface area contributed by atoms with Crippen molar-refractivity contribution in [2.45, 2.75) is 123 Å². The second kappa shape index (κ2) is 7.98. The van der Waals surface area contributed by atoms with E-state index in [9.17, 15) is 0 Å². The standard InChI is InChI=1S/C28H50O2Si/c1-10-19-12-14-23-22-13-11-20-17-21(30-31(8,9)26(2,3)4)15-16-27(20,5)25(22)24(29-7)18-28(19,23)6/h10,20-25H,11-18H2,1-9H3/b19-10-/t20-,21?,22-,23-,24-,25+,27-,28+/m0/s1. The van der Waals surface area contributed by atoms with Crippen LogP contribution in [-0.4, -0.2) is 27.6 Å². The molecule has 178 valence electrons. The van der Waals surface area contributed by atoms with Gasteiger partial charge in [-0.2, -0.15) is 0 Å². The van der Waals surface area contributed by atoms with Gasteiger partial charge in [-0.25, -0.2) is 0 Å². The lowest BCUT2D eigenvalue weighted by atomic mass is 9.44. The molecule has 0 aromatic carbocycles. The molecule has 3 heteroatoms. The average molecular weight is 447 g/mol. The Morgan fingerprint density at radius 1 is 1.06 bits per heavy atom. The first-order valence-electron chi connectivity index (χ1n) is 13.2. The van der Waals surface area contributed by atoms with E-state index in [1.54, 1.807) is 5.57 Å². The fourth-order valence-electron chi connectivity index (χ4n) is 8.55. The Hall–Kier alpha value is -0.123. The van der Waals surface area contributed by atoms with Crippen LogP contribution in [0.4, 0.5) is 0 Å². The van der Waals surface area contributed by atoms with Gasteiger partial charge in [-0.1, -0.05) is 46.3 Å². The van der Waals surface area contributed by atoms with E-state index < -0.39 is 8.32 Å². The summed E-state index contributed by atoms with van der Waals surface area (Å²) in [5.74, 6) is 3.26. The Morgan fingerprint density at radius 2 is 1.77 bits per heavy atom. The molecule has 4 aliphatic rings. The third-order valence-corrected chi connectivity index (χ3v) is 15.8. The van der Waals surface area contributed by atoms with Gasteiger partial charge in [0.25, 0.3) is 0 Å². The zero-order valence-electron chi connectivity index (χ0n) is 22.0. The summed E-state index contributed by atoms with van der Waals surface area (Å²) in [4.78, 5) is 0. The molecule has 0 radical (unpaired) electrons. The number of allylic oxidation sites excluding steroid dienone is 2. The molecule has 0 heterocycles. The van der Waals surface area contributed by atoms with Gasteiger partial charge in [0.05, 0.1) is 6.10 Å². The lowest BCUT2D eigenvalue weighted by Crippen LogP contribution is -2.59. The predicted molar refractivity (Wildman–Crippen MR) is 134 cm³/mol. The summed E-state index contributed by atoms with van der Waals surface area (Å²) < 4.78 is 13.3. The minimum absolute atomic E-state index is 0.299. The normalized spacial score (nSPS) is 47.1. The first-order chi connectivity index (χ1) is 14.4. The molecule has 4 aliphatic carbocycles. The number of hydrogen-bond acceptors (Lipinski definition) is 2.